The monoisotopic (exact) mass is 455 g/mol. The molecule has 0 saturated carbocycles. The summed E-state index contributed by atoms with van der Waals surface area (Å²) in [5.74, 6) is -1.12. The van der Waals surface area contributed by atoms with Gasteiger partial charge in [0.15, 0.2) is 0 Å². The number of benzene rings is 1. The van der Waals surface area contributed by atoms with E-state index in [-0.39, 0.29) is 22.2 Å². The molecule has 0 atom stereocenters. The first-order valence-electron chi connectivity index (χ1n) is 8.19. The zero-order chi connectivity index (χ0) is 21.0. The maximum absolute atomic E-state index is 13.2. The lowest BCUT2D eigenvalue weighted by Gasteiger charge is -2.08. The smallest absolute Gasteiger partial charge is 0.271 e. The third kappa shape index (κ3) is 5.32. The average molecular weight is 456 g/mol. The molecule has 0 aliphatic heterocycles. The van der Waals surface area contributed by atoms with Crippen LogP contribution >= 0.6 is 22.9 Å². The van der Waals surface area contributed by atoms with Gasteiger partial charge in [0.1, 0.15) is 11.5 Å². The predicted molar refractivity (Wildman–Crippen MR) is 105 cm³/mol. The Morgan fingerprint density at radius 2 is 2.00 bits per heavy atom. The average Bonchev–Trinajstić information content (AvgIpc) is 3.12. The maximum atomic E-state index is 13.2. The largest absolute Gasteiger partial charge is 0.346 e. The number of aryl methyl sites for hydroxylation is 1. The molecular formula is C17H15ClFN5O3S2. The number of rotatable bonds is 7. The van der Waals surface area contributed by atoms with Crippen molar-refractivity contribution in [3.63, 3.8) is 0 Å². The minimum atomic E-state index is -3.91. The molecule has 1 aromatic carbocycles. The maximum Gasteiger partial charge on any atom is 0.271 e. The molecule has 3 rings (SSSR count). The van der Waals surface area contributed by atoms with Crippen molar-refractivity contribution in [2.75, 3.05) is 0 Å². The van der Waals surface area contributed by atoms with Gasteiger partial charge in [-0.3, -0.25) is 9.78 Å². The van der Waals surface area contributed by atoms with E-state index in [1.54, 1.807) is 5.51 Å². The van der Waals surface area contributed by atoms with Crippen LogP contribution in [0.1, 0.15) is 26.8 Å². The van der Waals surface area contributed by atoms with Gasteiger partial charge in [-0.15, -0.1) is 11.3 Å². The fourth-order valence-corrected chi connectivity index (χ4v) is 4.19. The van der Waals surface area contributed by atoms with Crippen molar-refractivity contribution in [2.24, 2.45) is 0 Å². The molecule has 0 saturated heterocycles. The van der Waals surface area contributed by atoms with Crippen molar-refractivity contribution in [3.05, 3.63) is 68.9 Å². The van der Waals surface area contributed by atoms with Gasteiger partial charge in [0.2, 0.25) is 10.0 Å². The molecule has 0 aliphatic rings. The highest BCUT2D eigenvalue weighted by molar-refractivity contribution is 7.89. The van der Waals surface area contributed by atoms with Crippen LogP contribution in [0, 0.1) is 12.7 Å². The summed E-state index contributed by atoms with van der Waals surface area (Å²) < 4.78 is 40.0. The topological polar surface area (TPSA) is 114 Å². The van der Waals surface area contributed by atoms with E-state index < -0.39 is 21.7 Å². The highest BCUT2D eigenvalue weighted by Gasteiger charge is 2.16. The van der Waals surface area contributed by atoms with Crippen LogP contribution in [0.4, 0.5) is 4.39 Å². The first-order valence-corrected chi connectivity index (χ1v) is 10.9. The minimum Gasteiger partial charge on any atom is -0.346 e. The Kier molecular flexibility index (Phi) is 6.52. The molecule has 2 aromatic heterocycles. The number of amides is 1. The lowest BCUT2D eigenvalue weighted by atomic mass is 10.3. The van der Waals surface area contributed by atoms with Crippen LogP contribution in [0.25, 0.3) is 0 Å². The Labute approximate surface area is 175 Å². The second kappa shape index (κ2) is 8.91. The molecule has 1 amide bonds. The highest BCUT2D eigenvalue weighted by atomic mass is 35.5. The molecule has 0 unspecified atom stereocenters. The number of sulfonamides is 1. The van der Waals surface area contributed by atoms with Gasteiger partial charge >= 0.3 is 0 Å². The number of nitrogens with one attached hydrogen (secondary N) is 2. The number of hydrogen-bond donors (Lipinski definition) is 2. The number of carbonyl (C=O) groups excluding carboxylic acids is 1. The van der Waals surface area contributed by atoms with E-state index in [2.05, 4.69) is 25.0 Å². The van der Waals surface area contributed by atoms with E-state index in [4.69, 9.17) is 11.6 Å². The summed E-state index contributed by atoms with van der Waals surface area (Å²) in [6.07, 6.45) is 2.56. The Morgan fingerprint density at radius 3 is 2.62 bits per heavy atom. The first-order chi connectivity index (χ1) is 13.8. The fourth-order valence-electron chi connectivity index (χ4n) is 2.21. The van der Waals surface area contributed by atoms with Crippen LogP contribution < -0.4 is 10.0 Å². The van der Waals surface area contributed by atoms with Crippen LogP contribution in [0.3, 0.4) is 0 Å². The van der Waals surface area contributed by atoms with E-state index in [9.17, 15) is 17.6 Å². The summed E-state index contributed by atoms with van der Waals surface area (Å²) in [6.45, 7) is 2.03. The Bertz CT molecular complexity index is 1140. The van der Waals surface area contributed by atoms with Crippen molar-refractivity contribution in [2.45, 2.75) is 24.9 Å². The zero-order valence-electron chi connectivity index (χ0n) is 15.0. The number of hydrogen-bond acceptors (Lipinski definition) is 7. The molecule has 3 aromatic rings. The summed E-state index contributed by atoms with van der Waals surface area (Å²) in [4.78, 5) is 25.1. The molecule has 8 nitrogen and oxygen atoms in total. The predicted octanol–water partition coefficient (Wildman–Crippen LogP) is 2.44. The molecule has 0 bridgehead atoms. The normalized spacial score (nSPS) is 11.4. The highest BCUT2D eigenvalue weighted by Crippen LogP contribution is 2.19. The van der Waals surface area contributed by atoms with Crippen LogP contribution in [-0.2, 0) is 23.1 Å². The van der Waals surface area contributed by atoms with Gasteiger partial charge in [-0.1, -0.05) is 11.6 Å². The fraction of sp³-hybridized carbons (Fsp3) is 0.176. The molecule has 0 fully saturated rings. The molecular weight excluding hydrogens is 441 g/mol. The standard InChI is InChI=1S/C17H15ClFN5O3S2/c1-10-16(28-9-23-10)8-22-17(25)15-7-20-11(5-21-15)6-24-29(26,27)12-2-3-14(19)13(18)4-12/h2-5,7,9,24H,6,8H2,1H3,(H,22,25). The summed E-state index contributed by atoms with van der Waals surface area (Å²) >= 11 is 7.06. The van der Waals surface area contributed by atoms with Crippen LogP contribution in [-0.4, -0.2) is 29.3 Å². The van der Waals surface area contributed by atoms with Gasteiger partial charge in [-0.05, 0) is 25.1 Å². The summed E-state index contributed by atoms with van der Waals surface area (Å²) in [7, 11) is -3.91. The van der Waals surface area contributed by atoms with Crippen LogP contribution in [0.5, 0.6) is 0 Å². The molecule has 29 heavy (non-hydrogen) atoms. The number of halogens is 2. The Hall–Kier alpha value is -2.47. The summed E-state index contributed by atoms with van der Waals surface area (Å²) in [5.41, 5.74) is 2.96. The van der Waals surface area contributed by atoms with Crippen molar-refractivity contribution in [3.8, 4) is 0 Å². The summed E-state index contributed by atoms with van der Waals surface area (Å²) in [6, 6.07) is 3.09. The van der Waals surface area contributed by atoms with Crippen molar-refractivity contribution >= 4 is 38.9 Å². The van der Waals surface area contributed by atoms with Crippen molar-refractivity contribution in [1.29, 1.82) is 0 Å². The van der Waals surface area contributed by atoms with E-state index >= 15 is 0 Å². The third-order valence-electron chi connectivity index (χ3n) is 3.84. The quantitative estimate of drug-likeness (QED) is 0.565. The second-order valence-electron chi connectivity index (χ2n) is 5.84. The van der Waals surface area contributed by atoms with Crippen LogP contribution in [0.15, 0.2) is 41.0 Å². The molecule has 2 heterocycles. The number of carbonyl (C=O) groups is 1. The van der Waals surface area contributed by atoms with Gasteiger partial charge in [0.05, 0.1) is 52.3 Å². The molecule has 2 N–H and O–H groups in total. The number of thiazole rings is 1. The molecule has 12 heteroatoms. The van der Waals surface area contributed by atoms with E-state index in [1.165, 1.54) is 23.7 Å². The Balaban J connectivity index is 1.59. The van der Waals surface area contributed by atoms with Gasteiger partial charge in [0, 0.05) is 4.88 Å². The second-order valence-corrected chi connectivity index (χ2v) is 8.95. The first kappa shape index (κ1) is 21.2. The van der Waals surface area contributed by atoms with Gasteiger partial charge in [-0.25, -0.2) is 27.5 Å². The SMILES string of the molecule is Cc1ncsc1CNC(=O)c1cnc(CNS(=O)(=O)c2ccc(F)c(Cl)c2)cn1. The molecule has 0 radical (unpaired) electrons. The van der Waals surface area contributed by atoms with Crippen LogP contribution in [0.2, 0.25) is 5.02 Å². The molecule has 0 aliphatic carbocycles. The van der Waals surface area contributed by atoms with Crippen molar-refractivity contribution < 1.29 is 17.6 Å². The lowest BCUT2D eigenvalue weighted by molar-refractivity contribution is 0.0945. The van der Waals surface area contributed by atoms with Gasteiger partial charge in [-0.2, -0.15) is 0 Å². The van der Waals surface area contributed by atoms with Gasteiger partial charge in [0.25, 0.3) is 5.91 Å². The number of nitrogens with zero attached hydrogens (tertiary/aromatic N) is 3. The van der Waals surface area contributed by atoms with Gasteiger partial charge < -0.3 is 5.32 Å². The van der Waals surface area contributed by atoms with E-state index in [0.717, 1.165) is 28.8 Å². The summed E-state index contributed by atoms with van der Waals surface area (Å²) in [5, 5.41) is 2.43. The molecule has 152 valence electrons. The van der Waals surface area contributed by atoms with E-state index in [1.807, 2.05) is 6.92 Å². The van der Waals surface area contributed by atoms with Crippen molar-refractivity contribution in [1.82, 2.24) is 25.0 Å². The minimum absolute atomic E-state index is 0.101. The zero-order valence-corrected chi connectivity index (χ0v) is 17.4. The Morgan fingerprint density at radius 1 is 1.21 bits per heavy atom. The molecule has 0 spiro atoms. The van der Waals surface area contributed by atoms with E-state index in [0.29, 0.717) is 12.2 Å². The third-order valence-corrected chi connectivity index (χ3v) is 6.46. The lowest BCUT2D eigenvalue weighted by Crippen LogP contribution is -2.25. The number of aromatic nitrogens is 3.